The number of rotatable bonds is 20. The highest BCUT2D eigenvalue weighted by molar-refractivity contribution is 7.89. The Labute approximate surface area is 276 Å². The van der Waals surface area contributed by atoms with Crippen molar-refractivity contribution in [3.05, 3.63) is 35.9 Å². The van der Waals surface area contributed by atoms with Gasteiger partial charge in [0.1, 0.15) is 12.1 Å². The molecular formula is C35H54N4O6S. The molecular weight excluding hydrogens is 604 g/mol. The molecule has 10 nitrogen and oxygen atoms in total. The first kappa shape index (κ1) is 39.2. The van der Waals surface area contributed by atoms with Crippen LogP contribution < -0.4 is 10.6 Å². The second-order valence-corrected chi connectivity index (χ2v) is 14.4. The van der Waals surface area contributed by atoms with E-state index in [0.29, 0.717) is 13.0 Å². The van der Waals surface area contributed by atoms with Gasteiger partial charge >= 0.3 is 0 Å². The van der Waals surface area contributed by atoms with E-state index < -0.39 is 57.8 Å². The SMILES string of the molecule is C#CCC(O)[C@H](O)C(CC1CCCCC1)NC(=O)[C@H](CC#C)NC(=O)C(Cc1ccccc1)CS(=O)(=O)N(C)CCN(CC)CC. The van der Waals surface area contributed by atoms with Gasteiger partial charge in [-0.25, -0.2) is 12.7 Å². The van der Waals surface area contributed by atoms with Crippen molar-refractivity contribution in [2.24, 2.45) is 11.8 Å². The Morgan fingerprint density at radius 3 is 2.17 bits per heavy atom. The predicted molar refractivity (Wildman–Crippen MR) is 182 cm³/mol. The summed E-state index contributed by atoms with van der Waals surface area (Å²) < 4.78 is 28.2. The van der Waals surface area contributed by atoms with Crippen molar-refractivity contribution in [3.8, 4) is 24.7 Å². The Morgan fingerprint density at radius 1 is 0.957 bits per heavy atom. The van der Waals surface area contributed by atoms with Crippen molar-refractivity contribution in [1.82, 2.24) is 19.8 Å². The number of aliphatic hydroxyl groups is 2. The number of terminal acetylenes is 2. The van der Waals surface area contributed by atoms with Gasteiger partial charge < -0.3 is 25.7 Å². The van der Waals surface area contributed by atoms with Gasteiger partial charge in [-0.2, -0.15) is 0 Å². The summed E-state index contributed by atoms with van der Waals surface area (Å²) >= 11 is 0. The summed E-state index contributed by atoms with van der Waals surface area (Å²) in [5.41, 5.74) is 0.778. The Hall–Kier alpha value is -2.93. The lowest BCUT2D eigenvalue weighted by molar-refractivity contribution is -0.132. The second kappa shape index (κ2) is 20.3. The summed E-state index contributed by atoms with van der Waals surface area (Å²) in [6.07, 6.45) is 13.9. The Morgan fingerprint density at radius 2 is 1.59 bits per heavy atom. The largest absolute Gasteiger partial charge is 0.389 e. The van der Waals surface area contributed by atoms with Crippen LogP contribution in [0.3, 0.4) is 0 Å². The van der Waals surface area contributed by atoms with Crippen LogP contribution in [0.5, 0.6) is 0 Å². The van der Waals surface area contributed by atoms with Crippen LogP contribution in [0, 0.1) is 36.5 Å². The maximum Gasteiger partial charge on any atom is 0.243 e. The van der Waals surface area contributed by atoms with Gasteiger partial charge in [0.15, 0.2) is 0 Å². The summed E-state index contributed by atoms with van der Waals surface area (Å²) in [5.74, 6) is 2.35. The zero-order valence-electron chi connectivity index (χ0n) is 27.7. The molecule has 3 unspecified atom stereocenters. The fraction of sp³-hybridized carbons (Fsp3) is 0.657. The highest BCUT2D eigenvalue weighted by Gasteiger charge is 2.34. The third kappa shape index (κ3) is 13.1. The summed E-state index contributed by atoms with van der Waals surface area (Å²) in [6, 6.07) is 7.12. The first-order valence-electron chi connectivity index (χ1n) is 16.5. The summed E-state index contributed by atoms with van der Waals surface area (Å²) in [5, 5.41) is 27.0. The van der Waals surface area contributed by atoms with Gasteiger partial charge in [0, 0.05) is 33.0 Å². The monoisotopic (exact) mass is 658 g/mol. The van der Waals surface area contributed by atoms with Crippen LogP contribution in [0.4, 0.5) is 0 Å². The smallest absolute Gasteiger partial charge is 0.243 e. The van der Waals surface area contributed by atoms with Crippen molar-refractivity contribution < 1.29 is 28.2 Å². The van der Waals surface area contributed by atoms with E-state index >= 15 is 0 Å². The number of amides is 2. The molecule has 46 heavy (non-hydrogen) atoms. The van der Waals surface area contributed by atoms with E-state index in [2.05, 4.69) is 27.4 Å². The maximum atomic E-state index is 13.8. The molecule has 1 aliphatic rings. The lowest BCUT2D eigenvalue weighted by Crippen LogP contribution is -2.56. The van der Waals surface area contributed by atoms with Crippen LogP contribution in [0.25, 0.3) is 0 Å². The molecule has 0 heterocycles. The fourth-order valence-electron chi connectivity index (χ4n) is 5.94. The van der Waals surface area contributed by atoms with Crippen LogP contribution in [-0.4, -0.2) is 103 Å². The topological polar surface area (TPSA) is 139 Å². The van der Waals surface area contributed by atoms with Crippen LogP contribution in [-0.2, 0) is 26.0 Å². The van der Waals surface area contributed by atoms with E-state index in [4.69, 9.17) is 12.8 Å². The summed E-state index contributed by atoms with van der Waals surface area (Å²) in [6.45, 7) is 6.46. The van der Waals surface area contributed by atoms with E-state index in [-0.39, 0.29) is 31.7 Å². The van der Waals surface area contributed by atoms with Crippen LogP contribution in [0.15, 0.2) is 30.3 Å². The van der Waals surface area contributed by atoms with Crippen molar-refractivity contribution in [2.45, 2.75) is 95.9 Å². The number of carbonyl (C=O) groups excluding carboxylic acids is 2. The number of likely N-dealkylation sites (N-methyl/N-ethyl adjacent to an activating group) is 2. The number of nitrogens with zero attached hydrogens (tertiary/aromatic N) is 2. The minimum atomic E-state index is -3.84. The molecule has 0 spiro atoms. The van der Waals surface area contributed by atoms with Crippen LogP contribution >= 0.6 is 0 Å². The summed E-state index contributed by atoms with van der Waals surface area (Å²) in [4.78, 5) is 29.5. The Bertz CT molecular complexity index is 1250. The van der Waals surface area contributed by atoms with Crippen LogP contribution in [0.1, 0.15) is 70.8 Å². The maximum absolute atomic E-state index is 13.8. The lowest BCUT2D eigenvalue weighted by atomic mass is 9.82. The Balaban J connectivity index is 2.26. The van der Waals surface area contributed by atoms with E-state index in [0.717, 1.165) is 50.8 Å². The van der Waals surface area contributed by atoms with Gasteiger partial charge in [-0.1, -0.05) is 76.3 Å². The number of nitrogens with one attached hydrogen (secondary N) is 2. The van der Waals surface area contributed by atoms with Crippen molar-refractivity contribution in [1.29, 1.82) is 0 Å². The van der Waals surface area contributed by atoms with Crippen LogP contribution in [0.2, 0.25) is 0 Å². The highest BCUT2D eigenvalue weighted by Crippen LogP contribution is 2.28. The van der Waals surface area contributed by atoms with E-state index in [9.17, 15) is 28.2 Å². The third-order valence-corrected chi connectivity index (χ3v) is 10.9. The molecule has 2 amide bonds. The van der Waals surface area contributed by atoms with Crippen molar-refractivity contribution in [3.63, 3.8) is 0 Å². The lowest BCUT2D eigenvalue weighted by Gasteiger charge is -2.33. The highest BCUT2D eigenvalue weighted by atomic mass is 32.2. The van der Waals surface area contributed by atoms with Gasteiger partial charge in [0.05, 0.1) is 23.8 Å². The fourth-order valence-corrected chi connectivity index (χ4v) is 7.34. The minimum Gasteiger partial charge on any atom is -0.389 e. The van der Waals surface area contributed by atoms with E-state index in [1.807, 2.05) is 44.2 Å². The minimum absolute atomic E-state index is 0.0816. The predicted octanol–water partition coefficient (Wildman–Crippen LogP) is 2.16. The molecule has 4 N–H and O–H groups in total. The molecule has 1 fully saturated rings. The molecule has 5 atom stereocenters. The first-order valence-corrected chi connectivity index (χ1v) is 18.1. The average Bonchev–Trinajstić information content (AvgIpc) is 3.04. The zero-order valence-corrected chi connectivity index (χ0v) is 28.6. The standard InChI is InChI=1S/C35H54N4O6S/c1-6-16-30(35(43)37-31(33(41)32(40)17-7-2)25-28-20-14-11-15-21-28)36-34(42)29(24-27-18-12-10-13-19-27)26-46(44,45)38(5)22-23-39(8-3)9-4/h1-2,10,12-13,18-19,28-33,40-41H,8-9,11,14-17,20-26H2,3-5H3,(H,36,42)(H,37,43)/t29?,30-,31?,32?,33+/m0/s1. The molecule has 1 saturated carbocycles. The molecule has 0 radical (unpaired) electrons. The summed E-state index contributed by atoms with van der Waals surface area (Å²) in [7, 11) is -2.33. The zero-order chi connectivity index (χ0) is 34.1. The molecule has 2 rings (SSSR count). The molecule has 11 heteroatoms. The molecule has 0 aromatic heterocycles. The van der Waals surface area contributed by atoms with E-state index in [1.54, 1.807) is 0 Å². The normalized spacial score (nSPS) is 17.3. The molecule has 1 aromatic carbocycles. The third-order valence-electron chi connectivity index (χ3n) is 8.94. The molecule has 0 aliphatic heterocycles. The number of hydrogen-bond acceptors (Lipinski definition) is 7. The molecule has 0 saturated heterocycles. The van der Waals surface area contributed by atoms with Crippen molar-refractivity contribution in [2.75, 3.05) is 39.0 Å². The first-order chi connectivity index (χ1) is 21.9. The number of sulfonamides is 1. The van der Waals surface area contributed by atoms with E-state index in [1.165, 1.54) is 11.4 Å². The van der Waals surface area contributed by atoms with Gasteiger partial charge in [-0.15, -0.1) is 24.7 Å². The second-order valence-electron chi connectivity index (χ2n) is 12.3. The number of benzene rings is 1. The molecule has 0 bridgehead atoms. The quantitative estimate of drug-likeness (QED) is 0.158. The average molecular weight is 659 g/mol. The Kier molecular flexibility index (Phi) is 17.4. The van der Waals surface area contributed by atoms with Gasteiger partial charge in [0.25, 0.3) is 0 Å². The molecule has 256 valence electrons. The van der Waals surface area contributed by atoms with Gasteiger partial charge in [0.2, 0.25) is 21.8 Å². The number of hydrogen-bond donors (Lipinski definition) is 4. The molecule has 1 aromatic rings. The van der Waals surface area contributed by atoms with Gasteiger partial charge in [-0.3, -0.25) is 9.59 Å². The van der Waals surface area contributed by atoms with Crippen molar-refractivity contribution >= 4 is 21.8 Å². The van der Waals surface area contributed by atoms with Gasteiger partial charge in [-0.05, 0) is 37.4 Å². The number of aliphatic hydroxyl groups excluding tert-OH is 2. The number of carbonyl (C=O) groups is 2. The molecule has 1 aliphatic carbocycles.